The fourth-order valence-electron chi connectivity index (χ4n) is 1.29. The van der Waals surface area contributed by atoms with Crippen LogP contribution in [0.3, 0.4) is 0 Å². The summed E-state index contributed by atoms with van der Waals surface area (Å²) in [7, 11) is -0.0622. The summed E-state index contributed by atoms with van der Waals surface area (Å²) in [6.45, 7) is 6.58. The summed E-state index contributed by atoms with van der Waals surface area (Å²) in [6.07, 6.45) is 0. The van der Waals surface area contributed by atoms with Gasteiger partial charge in [-0.3, -0.25) is 0 Å². The second kappa shape index (κ2) is 3.23. The van der Waals surface area contributed by atoms with Gasteiger partial charge >= 0.3 is 0 Å². The molecule has 2 N–H and O–H groups in total. The highest BCUT2D eigenvalue weighted by Gasteiger charge is 2.05. The second-order valence-corrected chi connectivity index (χ2v) is 5.14. The summed E-state index contributed by atoms with van der Waals surface area (Å²) in [5, 5.41) is 1.35. The van der Waals surface area contributed by atoms with Crippen LogP contribution in [0.4, 0.5) is 5.69 Å². The molecule has 0 aliphatic rings. The number of anilines is 1. The minimum absolute atomic E-state index is 0.0622. The Hall–Kier alpha value is -0.550. The molecule has 1 nitrogen and oxygen atoms in total. The number of aryl methyl sites for hydroxylation is 1. The molecule has 0 radical (unpaired) electrons. The molecule has 0 aromatic heterocycles. The first kappa shape index (κ1) is 8.55. The largest absolute Gasteiger partial charge is 0.398 e. The van der Waals surface area contributed by atoms with E-state index in [1.165, 1.54) is 10.9 Å². The summed E-state index contributed by atoms with van der Waals surface area (Å²) in [5.41, 5.74) is 8.10. The minimum atomic E-state index is -0.0622. The van der Waals surface area contributed by atoms with Gasteiger partial charge in [-0.05, 0) is 31.9 Å². The standard InChI is InChI=1S/C9H14NP/c1-7-5-4-6-8(10)9(7)11(2)3/h4-6H,10H2,1-3H3. The maximum atomic E-state index is 5.84. The monoisotopic (exact) mass is 167 g/mol. The Balaban J connectivity index is 3.21. The zero-order valence-corrected chi connectivity index (χ0v) is 8.15. The van der Waals surface area contributed by atoms with Gasteiger partial charge in [-0.15, -0.1) is 0 Å². The van der Waals surface area contributed by atoms with Gasteiger partial charge in [0.1, 0.15) is 0 Å². The van der Waals surface area contributed by atoms with Crippen LogP contribution in [0.25, 0.3) is 0 Å². The Kier molecular flexibility index (Phi) is 2.51. The van der Waals surface area contributed by atoms with Crippen LogP contribution in [0.2, 0.25) is 0 Å². The van der Waals surface area contributed by atoms with Crippen LogP contribution < -0.4 is 11.0 Å². The van der Waals surface area contributed by atoms with Crippen molar-refractivity contribution in [2.45, 2.75) is 6.92 Å². The van der Waals surface area contributed by atoms with E-state index >= 15 is 0 Å². The first-order valence-corrected chi connectivity index (χ1v) is 5.89. The molecule has 1 aromatic rings. The number of hydrogen-bond donors (Lipinski definition) is 1. The Morgan fingerprint density at radius 1 is 1.27 bits per heavy atom. The van der Waals surface area contributed by atoms with Gasteiger partial charge in [-0.2, -0.15) is 0 Å². The normalized spacial score (nSPS) is 10.5. The minimum Gasteiger partial charge on any atom is -0.398 e. The predicted octanol–water partition coefficient (Wildman–Crippen LogP) is 1.94. The molecule has 0 amide bonds. The van der Waals surface area contributed by atoms with Gasteiger partial charge in [0, 0.05) is 11.0 Å². The van der Waals surface area contributed by atoms with Crippen LogP contribution in [0.5, 0.6) is 0 Å². The lowest BCUT2D eigenvalue weighted by Gasteiger charge is -2.12. The van der Waals surface area contributed by atoms with Gasteiger partial charge < -0.3 is 5.73 Å². The third-order valence-electron chi connectivity index (χ3n) is 1.72. The smallest absolute Gasteiger partial charge is 0.0394 e. The lowest BCUT2D eigenvalue weighted by Crippen LogP contribution is -2.10. The molecular formula is C9H14NP. The van der Waals surface area contributed by atoms with E-state index in [0.717, 1.165) is 5.69 Å². The van der Waals surface area contributed by atoms with Crippen LogP contribution in [0.15, 0.2) is 18.2 Å². The molecule has 0 heterocycles. The zero-order chi connectivity index (χ0) is 8.43. The van der Waals surface area contributed by atoms with Crippen molar-refractivity contribution in [3.05, 3.63) is 23.8 Å². The van der Waals surface area contributed by atoms with Gasteiger partial charge in [-0.25, -0.2) is 0 Å². The molecule has 0 aliphatic carbocycles. The van der Waals surface area contributed by atoms with E-state index in [4.69, 9.17) is 5.73 Å². The van der Waals surface area contributed by atoms with E-state index in [9.17, 15) is 0 Å². The van der Waals surface area contributed by atoms with E-state index in [-0.39, 0.29) is 7.92 Å². The van der Waals surface area contributed by atoms with E-state index < -0.39 is 0 Å². The highest BCUT2D eigenvalue weighted by Crippen LogP contribution is 2.28. The van der Waals surface area contributed by atoms with E-state index in [1.807, 2.05) is 12.1 Å². The van der Waals surface area contributed by atoms with Crippen molar-refractivity contribution in [3.8, 4) is 0 Å². The summed E-state index contributed by atoms with van der Waals surface area (Å²) < 4.78 is 0. The van der Waals surface area contributed by atoms with Crippen molar-refractivity contribution in [1.29, 1.82) is 0 Å². The van der Waals surface area contributed by atoms with Crippen LogP contribution in [0, 0.1) is 6.92 Å². The molecule has 0 aliphatic heterocycles. The fraction of sp³-hybridized carbons (Fsp3) is 0.333. The summed E-state index contributed by atoms with van der Waals surface area (Å²) in [5.74, 6) is 0. The highest BCUT2D eigenvalue weighted by molar-refractivity contribution is 7.64. The Bertz CT molecular complexity index is 235. The third-order valence-corrected chi connectivity index (χ3v) is 3.22. The Morgan fingerprint density at radius 2 is 1.91 bits per heavy atom. The average molecular weight is 167 g/mol. The Morgan fingerprint density at radius 3 is 2.27 bits per heavy atom. The summed E-state index contributed by atoms with van der Waals surface area (Å²) >= 11 is 0. The van der Waals surface area contributed by atoms with Crippen molar-refractivity contribution in [2.24, 2.45) is 0 Å². The first-order valence-electron chi connectivity index (χ1n) is 3.65. The quantitative estimate of drug-likeness (QED) is 0.502. The molecule has 0 bridgehead atoms. The van der Waals surface area contributed by atoms with Crippen LogP contribution in [-0.2, 0) is 0 Å². The summed E-state index contributed by atoms with van der Waals surface area (Å²) in [4.78, 5) is 0. The summed E-state index contributed by atoms with van der Waals surface area (Å²) in [6, 6.07) is 6.10. The molecule has 0 fully saturated rings. The van der Waals surface area contributed by atoms with Gasteiger partial charge in [0.05, 0.1) is 0 Å². The van der Waals surface area contributed by atoms with Crippen LogP contribution in [0.1, 0.15) is 5.56 Å². The number of nitrogen functional groups attached to an aromatic ring is 1. The van der Waals surface area contributed by atoms with Crippen molar-refractivity contribution >= 4 is 18.9 Å². The molecule has 0 saturated heterocycles. The number of rotatable bonds is 1. The van der Waals surface area contributed by atoms with Crippen molar-refractivity contribution in [3.63, 3.8) is 0 Å². The fourth-order valence-corrected chi connectivity index (χ4v) is 2.66. The van der Waals surface area contributed by atoms with Crippen LogP contribution in [-0.4, -0.2) is 13.3 Å². The average Bonchev–Trinajstić information content (AvgIpc) is 1.85. The second-order valence-electron chi connectivity index (χ2n) is 2.91. The molecule has 0 saturated carbocycles. The van der Waals surface area contributed by atoms with Gasteiger partial charge in [0.2, 0.25) is 0 Å². The lowest BCUT2D eigenvalue weighted by atomic mass is 10.2. The molecule has 1 rings (SSSR count). The van der Waals surface area contributed by atoms with Crippen molar-refractivity contribution in [1.82, 2.24) is 0 Å². The van der Waals surface area contributed by atoms with Gasteiger partial charge in [-0.1, -0.05) is 20.1 Å². The van der Waals surface area contributed by atoms with Gasteiger partial charge in [0.25, 0.3) is 0 Å². The van der Waals surface area contributed by atoms with Crippen molar-refractivity contribution < 1.29 is 0 Å². The molecule has 1 aromatic carbocycles. The molecule has 0 unspecified atom stereocenters. The molecule has 2 heteroatoms. The number of benzene rings is 1. The van der Waals surface area contributed by atoms with Crippen molar-refractivity contribution in [2.75, 3.05) is 19.1 Å². The molecule has 0 spiro atoms. The van der Waals surface area contributed by atoms with E-state index in [1.54, 1.807) is 0 Å². The SMILES string of the molecule is Cc1cccc(N)c1P(C)C. The lowest BCUT2D eigenvalue weighted by molar-refractivity contribution is 1.51. The van der Waals surface area contributed by atoms with E-state index in [0.29, 0.717) is 0 Å². The Labute approximate surface area is 69.4 Å². The topological polar surface area (TPSA) is 26.0 Å². The van der Waals surface area contributed by atoms with Gasteiger partial charge in [0.15, 0.2) is 0 Å². The maximum Gasteiger partial charge on any atom is 0.0394 e. The molecule has 11 heavy (non-hydrogen) atoms. The van der Waals surface area contributed by atoms with Crippen LogP contribution >= 0.6 is 7.92 Å². The predicted molar refractivity (Wildman–Crippen MR) is 54.0 cm³/mol. The third kappa shape index (κ3) is 1.72. The number of hydrogen-bond acceptors (Lipinski definition) is 1. The van der Waals surface area contributed by atoms with E-state index in [2.05, 4.69) is 26.3 Å². The zero-order valence-electron chi connectivity index (χ0n) is 7.26. The molecule has 60 valence electrons. The highest BCUT2D eigenvalue weighted by atomic mass is 31.1. The maximum absolute atomic E-state index is 5.84. The molecule has 0 atom stereocenters. The number of nitrogens with two attached hydrogens (primary N) is 1. The first-order chi connectivity index (χ1) is 5.13. The molecular weight excluding hydrogens is 153 g/mol.